The van der Waals surface area contributed by atoms with Crippen LogP contribution in [0.5, 0.6) is 0 Å². The molecule has 17 heavy (non-hydrogen) atoms. The van der Waals surface area contributed by atoms with Crippen molar-refractivity contribution in [2.75, 3.05) is 12.3 Å². The van der Waals surface area contributed by atoms with E-state index in [9.17, 15) is 0 Å². The van der Waals surface area contributed by atoms with E-state index in [1.807, 2.05) is 11.8 Å². The molecule has 0 saturated heterocycles. The second kappa shape index (κ2) is 4.61. The van der Waals surface area contributed by atoms with Crippen molar-refractivity contribution in [2.45, 2.75) is 49.7 Å². The van der Waals surface area contributed by atoms with Crippen molar-refractivity contribution >= 4 is 11.8 Å². The Morgan fingerprint density at radius 2 is 2.12 bits per heavy atom. The lowest BCUT2D eigenvalue weighted by atomic mass is 10.2. The lowest BCUT2D eigenvalue weighted by Crippen LogP contribution is -2.13. The van der Waals surface area contributed by atoms with Crippen LogP contribution in [0.4, 0.5) is 0 Å². The minimum atomic E-state index is 0.550. The van der Waals surface area contributed by atoms with Crippen LogP contribution in [-0.2, 0) is 0 Å². The van der Waals surface area contributed by atoms with E-state index in [-0.39, 0.29) is 0 Å². The van der Waals surface area contributed by atoms with Gasteiger partial charge in [0.1, 0.15) is 5.82 Å². The minimum Gasteiger partial charge on any atom is -0.330 e. The number of rotatable bonds is 6. The SMILES string of the molecule is CC(CN)CSc1nnc(C2CC2)n1C1CC1. The smallest absolute Gasteiger partial charge is 0.191 e. The largest absolute Gasteiger partial charge is 0.330 e. The molecule has 2 N–H and O–H groups in total. The maximum atomic E-state index is 5.65. The number of hydrogen-bond acceptors (Lipinski definition) is 4. The second-order valence-electron chi connectivity index (χ2n) is 5.37. The average molecular weight is 252 g/mol. The van der Waals surface area contributed by atoms with Crippen LogP contribution in [0.1, 0.15) is 50.4 Å². The molecule has 1 unspecified atom stereocenters. The topological polar surface area (TPSA) is 56.7 Å². The van der Waals surface area contributed by atoms with E-state index in [1.54, 1.807) is 0 Å². The van der Waals surface area contributed by atoms with Gasteiger partial charge in [0.2, 0.25) is 0 Å². The van der Waals surface area contributed by atoms with Crippen molar-refractivity contribution in [3.05, 3.63) is 5.82 Å². The van der Waals surface area contributed by atoms with Gasteiger partial charge in [-0.2, -0.15) is 0 Å². The number of nitrogens with two attached hydrogens (primary N) is 1. The van der Waals surface area contributed by atoms with Crippen LogP contribution in [0.25, 0.3) is 0 Å². The molecule has 2 fully saturated rings. The van der Waals surface area contributed by atoms with E-state index < -0.39 is 0 Å². The third-order valence-electron chi connectivity index (χ3n) is 3.44. The van der Waals surface area contributed by atoms with Gasteiger partial charge in [-0.1, -0.05) is 18.7 Å². The molecule has 2 aliphatic carbocycles. The summed E-state index contributed by atoms with van der Waals surface area (Å²) in [6.45, 7) is 2.94. The van der Waals surface area contributed by atoms with E-state index in [0.29, 0.717) is 17.9 Å². The molecule has 1 aromatic heterocycles. The highest BCUT2D eigenvalue weighted by atomic mass is 32.2. The molecule has 4 nitrogen and oxygen atoms in total. The number of thioether (sulfide) groups is 1. The summed E-state index contributed by atoms with van der Waals surface area (Å²) in [5, 5.41) is 9.90. The van der Waals surface area contributed by atoms with Crippen molar-refractivity contribution < 1.29 is 0 Å². The molecule has 2 aliphatic rings. The molecule has 1 atom stereocenters. The van der Waals surface area contributed by atoms with Gasteiger partial charge in [-0.3, -0.25) is 0 Å². The number of aromatic nitrogens is 3. The first-order valence-corrected chi connectivity index (χ1v) is 7.55. The Morgan fingerprint density at radius 1 is 1.35 bits per heavy atom. The predicted octanol–water partition coefficient (Wildman–Crippen LogP) is 2.18. The lowest BCUT2D eigenvalue weighted by molar-refractivity contribution is 0.622. The first-order valence-electron chi connectivity index (χ1n) is 6.57. The molecule has 1 heterocycles. The summed E-state index contributed by atoms with van der Waals surface area (Å²) in [6.07, 6.45) is 5.21. The van der Waals surface area contributed by atoms with Crippen LogP contribution in [0.15, 0.2) is 5.16 Å². The molecule has 0 aromatic carbocycles. The highest BCUT2D eigenvalue weighted by molar-refractivity contribution is 7.99. The fourth-order valence-electron chi connectivity index (χ4n) is 1.97. The summed E-state index contributed by atoms with van der Waals surface area (Å²) in [4.78, 5) is 0. The van der Waals surface area contributed by atoms with Crippen LogP contribution >= 0.6 is 11.8 Å². The van der Waals surface area contributed by atoms with E-state index in [1.165, 1.54) is 31.5 Å². The van der Waals surface area contributed by atoms with Gasteiger partial charge in [0.25, 0.3) is 0 Å². The normalized spacial score (nSPS) is 21.8. The molecule has 0 amide bonds. The van der Waals surface area contributed by atoms with E-state index in [4.69, 9.17) is 5.73 Å². The summed E-state index contributed by atoms with van der Waals surface area (Å²) in [7, 11) is 0. The Bertz CT molecular complexity index is 395. The molecule has 0 radical (unpaired) electrons. The summed E-state index contributed by atoms with van der Waals surface area (Å²) in [5.74, 6) is 3.54. The highest BCUT2D eigenvalue weighted by Crippen LogP contribution is 2.46. The zero-order valence-corrected chi connectivity index (χ0v) is 11.1. The minimum absolute atomic E-state index is 0.550. The van der Waals surface area contributed by atoms with Crippen LogP contribution < -0.4 is 5.73 Å². The van der Waals surface area contributed by atoms with Crippen molar-refractivity contribution in [1.29, 1.82) is 0 Å². The molecule has 2 saturated carbocycles. The van der Waals surface area contributed by atoms with Gasteiger partial charge in [-0.15, -0.1) is 10.2 Å². The first kappa shape index (κ1) is 11.5. The Morgan fingerprint density at radius 3 is 2.71 bits per heavy atom. The van der Waals surface area contributed by atoms with Crippen molar-refractivity contribution in [3.63, 3.8) is 0 Å². The van der Waals surface area contributed by atoms with Gasteiger partial charge in [-0.25, -0.2) is 0 Å². The molecule has 3 rings (SSSR count). The Hall–Kier alpha value is -0.550. The zero-order chi connectivity index (χ0) is 11.8. The van der Waals surface area contributed by atoms with Crippen LogP contribution in [0.3, 0.4) is 0 Å². The van der Waals surface area contributed by atoms with Gasteiger partial charge in [0.15, 0.2) is 5.16 Å². The Balaban J connectivity index is 1.74. The molecule has 0 bridgehead atoms. The van der Waals surface area contributed by atoms with Gasteiger partial charge < -0.3 is 10.3 Å². The lowest BCUT2D eigenvalue weighted by Gasteiger charge is -2.10. The first-order chi connectivity index (χ1) is 8.29. The van der Waals surface area contributed by atoms with Crippen LogP contribution in [0.2, 0.25) is 0 Å². The fourth-order valence-corrected chi connectivity index (χ4v) is 3.02. The third kappa shape index (κ3) is 2.50. The molecule has 0 spiro atoms. The van der Waals surface area contributed by atoms with Gasteiger partial charge in [0.05, 0.1) is 0 Å². The van der Waals surface area contributed by atoms with Gasteiger partial charge in [0, 0.05) is 17.7 Å². The maximum absolute atomic E-state index is 5.65. The molecule has 94 valence electrons. The third-order valence-corrected chi connectivity index (χ3v) is 4.72. The molecule has 5 heteroatoms. The molecule has 1 aromatic rings. The standard InChI is InChI=1S/C12H20N4S/c1-8(6-13)7-17-12-15-14-11(9-2-3-9)16(12)10-4-5-10/h8-10H,2-7,13H2,1H3. The summed E-state index contributed by atoms with van der Waals surface area (Å²) in [5.41, 5.74) is 5.65. The average Bonchev–Trinajstić information content (AvgIpc) is 3.24. The highest BCUT2D eigenvalue weighted by Gasteiger charge is 2.36. The number of hydrogen-bond donors (Lipinski definition) is 1. The fraction of sp³-hybridized carbons (Fsp3) is 0.833. The molecular formula is C12H20N4S. The zero-order valence-electron chi connectivity index (χ0n) is 10.3. The van der Waals surface area contributed by atoms with Crippen molar-refractivity contribution in [1.82, 2.24) is 14.8 Å². The predicted molar refractivity (Wildman–Crippen MR) is 69.2 cm³/mol. The summed E-state index contributed by atoms with van der Waals surface area (Å²) < 4.78 is 2.41. The van der Waals surface area contributed by atoms with E-state index >= 15 is 0 Å². The van der Waals surface area contributed by atoms with Crippen molar-refractivity contribution in [2.24, 2.45) is 11.7 Å². The van der Waals surface area contributed by atoms with E-state index in [0.717, 1.165) is 17.5 Å². The summed E-state index contributed by atoms with van der Waals surface area (Å²) in [6, 6.07) is 0.691. The van der Waals surface area contributed by atoms with Crippen LogP contribution in [-0.4, -0.2) is 27.1 Å². The van der Waals surface area contributed by atoms with Gasteiger partial charge >= 0.3 is 0 Å². The quantitative estimate of drug-likeness (QED) is 0.788. The second-order valence-corrected chi connectivity index (χ2v) is 6.36. The summed E-state index contributed by atoms with van der Waals surface area (Å²) >= 11 is 1.82. The van der Waals surface area contributed by atoms with Crippen LogP contribution in [0, 0.1) is 5.92 Å². The maximum Gasteiger partial charge on any atom is 0.191 e. The van der Waals surface area contributed by atoms with Gasteiger partial charge in [-0.05, 0) is 38.1 Å². The molecule has 0 aliphatic heterocycles. The Labute approximate surface area is 106 Å². The van der Waals surface area contributed by atoms with Crippen molar-refractivity contribution in [3.8, 4) is 0 Å². The molecular weight excluding hydrogens is 232 g/mol. The Kier molecular flexibility index (Phi) is 3.13. The van der Waals surface area contributed by atoms with E-state index in [2.05, 4.69) is 21.7 Å². The monoisotopic (exact) mass is 252 g/mol. The number of nitrogens with zero attached hydrogens (tertiary/aromatic N) is 3.